The van der Waals surface area contributed by atoms with Crippen molar-refractivity contribution in [2.45, 2.75) is 147 Å². The summed E-state index contributed by atoms with van der Waals surface area (Å²) in [6.07, 6.45) is 8.49. The molecule has 5 aromatic heterocycles. The van der Waals surface area contributed by atoms with Gasteiger partial charge in [-0.2, -0.15) is 0 Å². The Labute approximate surface area is 545 Å². The van der Waals surface area contributed by atoms with Gasteiger partial charge in [0.25, 0.3) is 0 Å². The van der Waals surface area contributed by atoms with Crippen molar-refractivity contribution in [1.29, 1.82) is 0 Å². The number of hydrogen-bond donors (Lipinski definition) is 0. The molecule has 0 atom stereocenters. The molecule has 10 aromatic rings. The van der Waals surface area contributed by atoms with Gasteiger partial charge in [0.15, 0.2) is 31.0 Å². The Kier molecular flexibility index (Phi) is 17.7. The van der Waals surface area contributed by atoms with Crippen LogP contribution in [0, 0.1) is 62.2 Å². The Hall–Kier alpha value is -8.15. The summed E-state index contributed by atoms with van der Waals surface area (Å²) in [7, 11) is 9.64. The second-order valence-electron chi connectivity index (χ2n) is 22.9. The van der Waals surface area contributed by atoms with Crippen LogP contribution in [0.2, 0.25) is 0 Å². The van der Waals surface area contributed by atoms with Crippen LogP contribution in [-0.4, -0.2) is 0 Å². The molecule has 0 saturated heterocycles. The maximum absolute atomic E-state index is 7.98. The third-order valence-electron chi connectivity index (χ3n) is 16.7. The third-order valence-corrected chi connectivity index (χ3v) is 16.7. The summed E-state index contributed by atoms with van der Waals surface area (Å²) in [5.74, 6) is 0.781. The van der Waals surface area contributed by atoms with Crippen molar-refractivity contribution in [3.8, 4) is 56.3 Å². The lowest BCUT2D eigenvalue weighted by Gasteiger charge is -2.11. The highest BCUT2D eigenvalue weighted by molar-refractivity contribution is 5.65. The van der Waals surface area contributed by atoms with Crippen LogP contribution in [0.15, 0.2) is 189 Å². The maximum Gasteiger partial charge on any atom is 0.212 e. The van der Waals surface area contributed by atoms with Crippen molar-refractivity contribution in [3.63, 3.8) is 0 Å². The van der Waals surface area contributed by atoms with E-state index in [0.717, 1.165) is 73.2 Å². The molecule has 1 fully saturated rings. The molecule has 0 unspecified atom stereocenters. The van der Waals surface area contributed by atoms with Gasteiger partial charge in [0, 0.05) is 106 Å². The van der Waals surface area contributed by atoms with Gasteiger partial charge in [-0.05, 0) is 192 Å². The zero-order chi connectivity index (χ0) is 75.1. The Bertz CT molecular complexity index is 4310. The standard InChI is InChI=1S/C18H22N.4C16H20N/c1-14-7-3-6-10-17(14)18-13-16(11-12-19(18)2)15-8-4-5-9-15;2*1-5-14-10-16(17(4)11-13(14)3)15-9-7-6-8-12(15)2;2*1-5-14-11-17(4)16(10-13(14)3)15-9-7-6-8-12(15)2/h3,6-7,10-13,15H,4-5,8-9H2,1-2H3;4*6-11H,5H2,1-4H3/q5*+1/i;2*3D3,5D2;2*5D2. The molecule has 1 aliphatic carbocycles. The number of aryl methyl sites for hydroxylation is 18. The van der Waals surface area contributed by atoms with E-state index in [0.29, 0.717) is 0 Å². The molecule has 450 valence electrons. The summed E-state index contributed by atoms with van der Waals surface area (Å²) in [6.45, 7) is 15.6. The normalized spacial score (nSPS) is 15.1. The van der Waals surface area contributed by atoms with Gasteiger partial charge in [-0.3, -0.25) is 0 Å². The minimum Gasteiger partial charge on any atom is -0.201 e. The highest BCUT2D eigenvalue weighted by atomic mass is 14.9. The first-order valence-corrected chi connectivity index (χ1v) is 30.3. The molecule has 0 spiro atoms. The summed E-state index contributed by atoms with van der Waals surface area (Å²) in [6, 6.07) is 52.9. The molecule has 1 aliphatic rings. The van der Waals surface area contributed by atoms with E-state index in [-0.39, 0.29) is 22.3 Å². The number of nitrogens with zero attached hydrogens (tertiary/aromatic N) is 5. The first-order chi connectivity index (χ1) is 46.9. The lowest BCUT2D eigenvalue weighted by molar-refractivity contribution is -0.661. The molecule has 0 N–H and O–H groups in total. The smallest absolute Gasteiger partial charge is 0.201 e. The second kappa shape index (κ2) is 31.5. The first kappa shape index (κ1) is 48.9. The molecule has 5 heterocycles. The average molecular weight is 1170 g/mol. The minimum absolute atomic E-state index is 0.0554. The Morgan fingerprint density at radius 2 is 0.621 bits per heavy atom. The van der Waals surface area contributed by atoms with Gasteiger partial charge in [-0.1, -0.05) is 132 Å². The van der Waals surface area contributed by atoms with E-state index in [1.54, 1.807) is 49.2 Å². The van der Waals surface area contributed by atoms with Crippen LogP contribution in [0.4, 0.5) is 0 Å². The molecule has 5 nitrogen and oxygen atoms in total. The Morgan fingerprint density at radius 1 is 0.333 bits per heavy atom. The molecule has 5 aromatic carbocycles. The predicted octanol–water partition coefficient (Wildman–Crippen LogP) is 17.6. The highest BCUT2D eigenvalue weighted by Gasteiger charge is 2.22. The summed E-state index contributed by atoms with van der Waals surface area (Å²) in [4.78, 5) is 0. The zero-order valence-electron chi connectivity index (χ0n) is 68.5. The fourth-order valence-electron chi connectivity index (χ4n) is 11.5. The second-order valence-corrected chi connectivity index (χ2v) is 22.9. The van der Waals surface area contributed by atoms with Crippen LogP contribution in [0.5, 0.6) is 0 Å². The number of aromatic nitrogens is 5. The Morgan fingerprint density at radius 3 is 0.920 bits per heavy atom. The van der Waals surface area contributed by atoms with Crippen LogP contribution in [0.1, 0.15) is 156 Å². The largest absolute Gasteiger partial charge is 0.212 e. The van der Waals surface area contributed by atoms with Crippen molar-refractivity contribution in [1.82, 2.24) is 0 Å². The van der Waals surface area contributed by atoms with E-state index >= 15 is 0 Å². The number of pyridine rings is 5. The van der Waals surface area contributed by atoms with Crippen molar-refractivity contribution in [2.75, 3.05) is 0 Å². The van der Waals surface area contributed by atoms with Crippen molar-refractivity contribution >= 4 is 0 Å². The predicted molar refractivity (Wildman–Crippen MR) is 367 cm³/mol. The SMILES string of the molecule is Cc1ccccc1-c1cc(C2CCCC2)cc[n+]1C.[2H]C([2H])(C)c1c[n+](C)c(-c2ccccc2C)cc1C.[2H]C([2H])(C)c1c[n+](C)c(-c2ccccc2C)cc1C.[2H]C([2H])([2H])c1c[n+](C)c(-c2ccccc2C)cc1C([2H])([2H])C.[2H]C([2H])([2H])c1c[n+](C)c(-c2ccccc2C)cc1C([2H])([2H])C. The van der Waals surface area contributed by atoms with Gasteiger partial charge >= 0.3 is 0 Å². The number of rotatable bonds is 10. The average Bonchev–Trinajstić information content (AvgIpc) is 1.30. The summed E-state index contributed by atoms with van der Waals surface area (Å²) >= 11 is 0. The van der Waals surface area contributed by atoms with E-state index < -0.39 is 39.2 Å². The summed E-state index contributed by atoms with van der Waals surface area (Å²) in [5, 5.41) is 0. The molecule has 0 aliphatic heterocycles. The molecule has 0 bridgehead atoms. The van der Waals surface area contributed by atoms with E-state index in [2.05, 4.69) is 111 Å². The first-order valence-electron chi connectivity index (χ1n) is 37.3. The fraction of sp³-hybridized carbons (Fsp3) is 0.329. The topological polar surface area (TPSA) is 19.4 Å². The molecule has 5 heteroatoms. The molecular weight excluding hydrogens is 1050 g/mol. The van der Waals surface area contributed by atoms with Crippen LogP contribution in [-0.2, 0) is 60.7 Å². The molecule has 1 saturated carbocycles. The van der Waals surface area contributed by atoms with E-state index in [1.807, 2.05) is 136 Å². The quantitative estimate of drug-likeness (QED) is 0.122. The van der Waals surface area contributed by atoms with Crippen LogP contribution < -0.4 is 22.8 Å². The van der Waals surface area contributed by atoms with Crippen LogP contribution >= 0.6 is 0 Å². The lowest BCUT2D eigenvalue weighted by atomic mass is 9.95. The minimum atomic E-state index is -2.35. The molecule has 0 radical (unpaired) electrons. The number of hydrogen-bond acceptors (Lipinski definition) is 0. The van der Waals surface area contributed by atoms with Crippen LogP contribution in [0.3, 0.4) is 0 Å². The molecular formula is C82H102N5+5. The van der Waals surface area contributed by atoms with Crippen molar-refractivity contribution in [2.24, 2.45) is 35.2 Å². The van der Waals surface area contributed by atoms with Crippen molar-refractivity contribution < 1.29 is 42.0 Å². The summed E-state index contributed by atoms with van der Waals surface area (Å²) < 4.78 is 119. The van der Waals surface area contributed by atoms with E-state index in [4.69, 9.17) is 19.2 Å². The van der Waals surface area contributed by atoms with Gasteiger partial charge in [0.1, 0.15) is 35.2 Å². The Balaban J connectivity index is 0.000000177. The molecule has 11 rings (SSSR count). The zero-order valence-corrected chi connectivity index (χ0v) is 54.5. The van der Waals surface area contributed by atoms with Crippen molar-refractivity contribution in [3.05, 3.63) is 267 Å². The highest BCUT2D eigenvalue weighted by Crippen LogP contribution is 2.35. The van der Waals surface area contributed by atoms with Gasteiger partial charge in [0.05, 0.1) is 0 Å². The van der Waals surface area contributed by atoms with Gasteiger partial charge in [-0.25, -0.2) is 22.8 Å². The molecule has 87 heavy (non-hydrogen) atoms. The lowest BCUT2D eigenvalue weighted by Crippen LogP contribution is -2.32. The maximum atomic E-state index is 7.98. The van der Waals surface area contributed by atoms with E-state index in [9.17, 15) is 0 Å². The van der Waals surface area contributed by atoms with Gasteiger partial charge in [-0.15, -0.1) is 0 Å². The molecule has 0 amide bonds. The third kappa shape index (κ3) is 16.9. The van der Waals surface area contributed by atoms with Gasteiger partial charge < -0.3 is 0 Å². The monoisotopic (exact) mass is 1170 g/mol. The number of benzene rings is 5. The van der Waals surface area contributed by atoms with Gasteiger partial charge in [0.2, 0.25) is 28.5 Å². The van der Waals surface area contributed by atoms with E-state index in [1.165, 1.54) is 96.6 Å². The summed E-state index contributed by atoms with van der Waals surface area (Å²) in [5.41, 5.74) is 22.3. The van der Waals surface area contributed by atoms with Crippen LogP contribution in [0.25, 0.3) is 56.3 Å². The fourth-order valence-corrected chi connectivity index (χ4v) is 11.5.